The Hall–Kier alpha value is -4.11. The van der Waals surface area contributed by atoms with E-state index < -0.39 is 5.91 Å². The Morgan fingerprint density at radius 3 is 2.33 bits per heavy atom. The third kappa shape index (κ3) is 5.04. The number of oxazole rings is 1. The first kappa shape index (κ1) is 22.1. The van der Waals surface area contributed by atoms with Gasteiger partial charge in [-0.25, -0.2) is 4.98 Å². The molecule has 33 heavy (non-hydrogen) atoms. The summed E-state index contributed by atoms with van der Waals surface area (Å²) in [5.74, 6) is 1.80. The molecule has 3 aromatic carbocycles. The number of hydrogen-bond donors (Lipinski definition) is 2. The summed E-state index contributed by atoms with van der Waals surface area (Å²) >= 11 is 5.30. The van der Waals surface area contributed by atoms with Gasteiger partial charge in [0.05, 0.1) is 21.3 Å². The summed E-state index contributed by atoms with van der Waals surface area (Å²) in [7, 11) is 4.64. The van der Waals surface area contributed by atoms with Crippen LogP contribution in [-0.4, -0.2) is 37.3 Å². The van der Waals surface area contributed by atoms with Crippen molar-refractivity contribution < 1.29 is 23.4 Å². The van der Waals surface area contributed by atoms with Gasteiger partial charge >= 0.3 is 0 Å². The van der Waals surface area contributed by atoms with Crippen LogP contribution in [0.3, 0.4) is 0 Å². The Balaban J connectivity index is 1.48. The molecule has 9 heteroatoms. The normalized spacial score (nSPS) is 10.5. The Morgan fingerprint density at radius 1 is 0.909 bits per heavy atom. The number of carbonyl (C=O) groups is 1. The van der Waals surface area contributed by atoms with Crippen LogP contribution >= 0.6 is 12.2 Å². The maximum atomic E-state index is 12.6. The molecule has 8 nitrogen and oxygen atoms in total. The van der Waals surface area contributed by atoms with Crippen molar-refractivity contribution >= 4 is 40.0 Å². The molecule has 0 bridgehead atoms. The minimum Gasteiger partial charge on any atom is -0.497 e. The van der Waals surface area contributed by atoms with Gasteiger partial charge in [0.25, 0.3) is 5.91 Å². The molecule has 0 aliphatic rings. The topological polar surface area (TPSA) is 94.9 Å². The summed E-state index contributed by atoms with van der Waals surface area (Å²) in [5, 5.41) is 5.78. The van der Waals surface area contributed by atoms with E-state index in [1.165, 1.54) is 14.2 Å². The van der Waals surface area contributed by atoms with Crippen molar-refractivity contribution in [3.05, 3.63) is 66.2 Å². The average molecular weight is 464 g/mol. The minimum absolute atomic E-state index is 0.137. The molecule has 0 atom stereocenters. The van der Waals surface area contributed by atoms with E-state index in [0.717, 1.165) is 5.56 Å². The van der Waals surface area contributed by atoms with Crippen molar-refractivity contribution in [3.8, 4) is 28.7 Å². The second-order valence-corrected chi connectivity index (χ2v) is 7.35. The van der Waals surface area contributed by atoms with Gasteiger partial charge in [-0.1, -0.05) is 6.07 Å². The smallest absolute Gasteiger partial charge is 0.257 e. The number of carbonyl (C=O) groups excluding carboxylic acids is 1. The second-order valence-electron chi connectivity index (χ2n) is 6.94. The number of benzene rings is 3. The molecule has 4 rings (SSSR count). The zero-order valence-electron chi connectivity index (χ0n) is 18.2. The quantitative estimate of drug-likeness (QED) is 0.399. The van der Waals surface area contributed by atoms with Crippen molar-refractivity contribution in [1.29, 1.82) is 0 Å². The highest BCUT2D eigenvalue weighted by Crippen LogP contribution is 2.28. The van der Waals surface area contributed by atoms with Crippen LogP contribution in [0.5, 0.6) is 17.2 Å². The van der Waals surface area contributed by atoms with Crippen LogP contribution in [0.25, 0.3) is 22.6 Å². The Kier molecular flexibility index (Phi) is 6.41. The molecule has 0 aliphatic carbocycles. The van der Waals surface area contributed by atoms with E-state index in [0.29, 0.717) is 45.5 Å². The molecule has 168 valence electrons. The Labute approximate surface area is 195 Å². The zero-order valence-corrected chi connectivity index (χ0v) is 19.0. The number of methoxy groups -OCH3 is 3. The van der Waals surface area contributed by atoms with Gasteiger partial charge in [0, 0.05) is 22.9 Å². The summed E-state index contributed by atoms with van der Waals surface area (Å²) in [4.78, 5) is 17.2. The zero-order chi connectivity index (χ0) is 23.4. The second kappa shape index (κ2) is 9.58. The monoisotopic (exact) mass is 463 g/mol. The number of rotatable bonds is 6. The lowest BCUT2D eigenvalue weighted by Gasteiger charge is -2.11. The molecular weight excluding hydrogens is 442 g/mol. The number of fused-ring (bicyclic) bond motifs is 1. The van der Waals surface area contributed by atoms with Crippen molar-refractivity contribution in [1.82, 2.24) is 10.3 Å². The fourth-order valence-corrected chi connectivity index (χ4v) is 3.37. The molecule has 0 saturated carbocycles. The van der Waals surface area contributed by atoms with Crippen LogP contribution in [0, 0.1) is 0 Å². The van der Waals surface area contributed by atoms with Gasteiger partial charge in [-0.15, -0.1) is 0 Å². The van der Waals surface area contributed by atoms with Crippen molar-refractivity contribution in [2.45, 2.75) is 0 Å². The first-order chi connectivity index (χ1) is 16.0. The van der Waals surface area contributed by atoms with Gasteiger partial charge in [0.15, 0.2) is 10.7 Å². The maximum Gasteiger partial charge on any atom is 0.257 e. The number of nitrogens with zero attached hydrogens (tertiary/aromatic N) is 1. The predicted octanol–water partition coefficient (Wildman–Crippen LogP) is 4.65. The van der Waals surface area contributed by atoms with Gasteiger partial charge in [-0.05, 0) is 60.7 Å². The molecule has 1 amide bonds. The van der Waals surface area contributed by atoms with Crippen LogP contribution in [0.1, 0.15) is 10.4 Å². The molecule has 0 radical (unpaired) electrons. The van der Waals surface area contributed by atoms with E-state index >= 15 is 0 Å². The summed E-state index contributed by atoms with van der Waals surface area (Å²) < 4.78 is 21.5. The number of hydrogen-bond acceptors (Lipinski definition) is 7. The molecule has 0 aliphatic heterocycles. The van der Waals surface area contributed by atoms with Crippen molar-refractivity contribution in [2.75, 3.05) is 26.6 Å². The third-order valence-electron chi connectivity index (χ3n) is 4.80. The molecular formula is C24H21N3O5S. The number of amides is 1. The van der Waals surface area contributed by atoms with Gasteiger partial charge in [-0.3, -0.25) is 10.1 Å². The molecule has 4 aromatic rings. The largest absolute Gasteiger partial charge is 0.497 e. The SMILES string of the molecule is COc1cc(OC)cc(C(=O)NC(=S)Nc2ccc3oc(-c4cccc(OC)c4)nc3c2)c1. The fourth-order valence-electron chi connectivity index (χ4n) is 3.16. The lowest BCUT2D eigenvalue weighted by atomic mass is 10.2. The maximum absolute atomic E-state index is 12.6. The molecule has 2 N–H and O–H groups in total. The van der Waals surface area contributed by atoms with Gasteiger partial charge < -0.3 is 23.9 Å². The average Bonchev–Trinajstić information content (AvgIpc) is 3.27. The van der Waals surface area contributed by atoms with Crippen LogP contribution in [0.2, 0.25) is 0 Å². The highest BCUT2D eigenvalue weighted by molar-refractivity contribution is 7.80. The number of anilines is 1. The summed E-state index contributed by atoms with van der Waals surface area (Å²) in [6, 6.07) is 17.7. The van der Waals surface area contributed by atoms with Crippen LogP contribution < -0.4 is 24.8 Å². The highest BCUT2D eigenvalue weighted by Gasteiger charge is 2.13. The van der Waals surface area contributed by atoms with Crippen LogP contribution in [0.15, 0.2) is 65.1 Å². The van der Waals surface area contributed by atoms with Gasteiger partial charge in [0.1, 0.15) is 22.8 Å². The summed E-state index contributed by atoms with van der Waals surface area (Å²) in [5.41, 5.74) is 3.07. The number of aromatic nitrogens is 1. The lowest BCUT2D eigenvalue weighted by molar-refractivity contribution is 0.0977. The van der Waals surface area contributed by atoms with E-state index in [1.54, 1.807) is 43.5 Å². The van der Waals surface area contributed by atoms with E-state index in [9.17, 15) is 4.79 Å². The van der Waals surface area contributed by atoms with Crippen molar-refractivity contribution in [2.24, 2.45) is 0 Å². The molecule has 0 saturated heterocycles. The summed E-state index contributed by atoms with van der Waals surface area (Å²) in [6.07, 6.45) is 0. The molecule has 0 spiro atoms. The first-order valence-corrected chi connectivity index (χ1v) is 10.3. The van der Waals surface area contributed by atoms with Crippen LogP contribution in [0.4, 0.5) is 5.69 Å². The number of thiocarbonyl (C=S) groups is 1. The predicted molar refractivity (Wildman–Crippen MR) is 129 cm³/mol. The standard InChI is InChI=1S/C24H21N3O5S/c1-29-17-6-4-5-14(9-17)23-26-20-12-16(7-8-21(20)32-23)25-24(33)27-22(28)15-10-18(30-2)13-19(11-15)31-3/h4-13H,1-3H3,(H2,25,27,28,33). The third-order valence-corrected chi connectivity index (χ3v) is 5.01. The van der Waals surface area contributed by atoms with E-state index in [1.807, 2.05) is 24.3 Å². The van der Waals surface area contributed by atoms with E-state index in [-0.39, 0.29) is 5.11 Å². The Morgan fingerprint density at radius 2 is 1.64 bits per heavy atom. The van der Waals surface area contributed by atoms with Gasteiger partial charge in [0.2, 0.25) is 5.89 Å². The van der Waals surface area contributed by atoms with E-state index in [2.05, 4.69) is 15.6 Å². The van der Waals surface area contributed by atoms with E-state index in [4.69, 9.17) is 30.8 Å². The molecule has 1 heterocycles. The van der Waals surface area contributed by atoms with Crippen molar-refractivity contribution in [3.63, 3.8) is 0 Å². The summed E-state index contributed by atoms with van der Waals surface area (Å²) in [6.45, 7) is 0. The molecule has 1 aromatic heterocycles. The fraction of sp³-hybridized carbons (Fsp3) is 0.125. The lowest BCUT2D eigenvalue weighted by Crippen LogP contribution is -2.34. The number of nitrogens with one attached hydrogen (secondary N) is 2. The first-order valence-electron chi connectivity index (χ1n) is 9.89. The minimum atomic E-state index is -0.396. The molecule has 0 fully saturated rings. The Bertz CT molecular complexity index is 1310. The van der Waals surface area contributed by atoms with Gasteiger partial charge in [-0.2, -0.15) is 0 Å². The number of ether oxygens (including phenoxy) is 3. The van der Waals surface area contributed by atoms with Crippen LogP contribution in [-0.2, 0) is 0 Å². The molecule has 0 unspecified atom stereocenters. The highest BCUT2D eigenvalue weighted by atomic mass is 32.1.